The van der Waals surface area contributed by atoms with Gasteiger partial charge in [0.1, 0.15) is 5.82 Å². The Kier molecular flexibility index (Phi) is 4.13. The number of nitro benzene ring substituents is 1. The summed E-state index contributed by atoms with van der Waals surface area (Å²) in [5.41, 5.74) is 0.817. The van der Waals surface area contributed by atoms with Gasteiger partial charge in [-0.3, -0.25) is 10.1 Å². The highest BCUT2D eigenvalue weighted by Gasteiger charge is 2.10. The lowest BCUT2D eigenvalue weighted by molar-refractivity contribution is -0.384. The van der Waals surface area contributed by atoms with Gasteiger partial charge in [0.25, 0.3) is 5.69 Å². The van der Waals surface area contributed by atoms with Crippen LogP contribution in [-0.2, 0) is 13.1 Å². The lowest BCUT2D eigenvalue weighted by Crippen LogP contribution is -2.12. The predicted molar refractivity (Wildman–Crippen MR) is 72.2 cm³/mol. The third-order valence-electron chi connectivity index (χ3n) is 2.72. The molecule has 1 N–H and O–H groups in total. The number of halogens is 1. The molecule has 0 aliphatic heterocycles. The molecule has 1 heterocycles. The normalized spacial score (nSPS) is 10.6. The smallest absolute Gasteiger partial charge is 0.270 e. The summed E-state index contributed by atoms with van der Waals surface area (Å²) in [4.78, 5) is 14.4. The van der Waals surface area contributed by atoms with E-state index in [2.05, 4.69) is 10.3 Å². The zero-order chi connectivity index (χ0) is 13.8. The minimum atomic E-state index is -0.459. The van der Waals surface area contributed by atoms with Crippen molar-refractivity contribution in [2.45, 2.75) is 13.1 Å². The molecule has 1 aromatic carbocycles. The fraction of sp³-hybridized carbons (Fsp3) is 0.250. The molecular weight excluding hydrogens is 268 g/mol. The Balaban J connectivity index is 2.23. The molecule has 2 rings (SSSR count). The topological polar surface area (TPSA) is 73.0 Å². The van der Waals surface area contributed by atoms with E-state index < -0.39 is 4.92 Å². The number of nitrogens with one attached hydrogen (secondary N) is 1. The van der Waals surface area contributed by atoms with Gasteiger partial charge in [0.15, 0.2) is 0 Å². The van der Waals surface area contributed by atoms with Crippen LogP contribution in [0.15, 0.2) is 30.6 Å². The molecule has 0 aliphatic rings. The molecule has 0 fully saturated rings. The first-order valence-electron chi connectivity index (χ1n) is 5.69. The highest BCUT2D eigenvalue weighted by atomic mass is 35.5. The van der Waals surface area contributed by atoms with Crippen molar-refractivity contribution < 1.29 is 4.92 Å². The highest BCUT2D eigenvalue weighted by Crippen LogP contribution is 2.23. The van der Waals surface area contributed by atoms with Crippen molar-refractivity contribution in [1.82, 2.24) is 14.9 Å². The van der Waals surface area contributed by atoms with Crippen LogP contribution in [0.5, 0.6) is 0 Å². The van der Waals surface area contributed by atoms with E-state index in [9.17, 15) is 10.1 Å². The van der Waals surface area contributed by atoms with Crippen LogP contribution >= 0.6 is 11.6 Å². The molecule has 0 aliphatic carbocycles. The summed E-state index contributed by atoms with van der Waals surface area (Å²) in [6.07, 6.45) is 3.57. The first-order valence-corrected chi connectivity index (χ1v) is 6.07. The average molecular weight is 281 g/mol. The summed E-state index contributed by atoms with van der Waals surface area (Å²) in [5, 5.41) is 14.1. The van der Waals surface area contributed by atoms with E-state index in [0.29, 0.717) is 18.1 Å². The molecule has 100 valence electrons. The van der Waals surface area contributed by atoms with Gasteiger partial charge < -0.3 is 9.88 Å². The summed E-state index contributed by atoms with van der Waals surface area (Å²) in [6.45, 7) is 1.19. The van der Waals surface area contributed by atoms with Crippen LogP contribution in [0.25, 0.3) is 0 Å². The number of hydrogen-bond acceptors (Lipinski definition) is 4. The van der Waals surface area contributed by atoms with Crippen molar-refractivity contribution in [3.63, 3.8) is 0 Å². The maximum Gasteiger partial charge on any atom is 0.270 e. The maximum atomic E-state index is 10.6. The summed E-state index contributed by atoms with van der Waals surface area (Å²) in [6, 6.07) is 4.49. The molecule has 1 aromatic heterocycles. The number of nitrogens with zero attached hydrogens (tertiary/aromatic N) is 3. The average Bonchev–Trinajstić information content (AvgIpc) is 2.79. The molecule has 0 amide bonds. The molecule has 0 atom stereocenters. The van der Waals surface area contributed by atoms with E-state index >= 15 is 0 Å². The maximum absolute atomic E-state index is 10.6. The van der Waals surface area contributed by atoms with E-state index in [1.807, 2.05) is 17.8 Å². The molecule has 0 spiro atoms. The zero-order valence-corrected chi connectivity index (χ0v) is 11.1. The Labute approximate surface area is 115 Å². The van der Waals surface area contributed by atoms with Crippen molar-refractivity contribution in [3.8, 4) is 0 Å². The first kappa shape index (κ1) is 13.5. The van der Waals surface area contributed by atoms with Gasteiger partial charge in [-0.2, -0.15) is 0 Å². The van der Waals surface area contributed by atoms with Crippen molar-refractivity contribution in [2.24, 2.45) is 0 Å². The van der Waals surface area contributed by atoms with E-state index in [4.69, 9.17) is 11.6 Å². The largest absolute Gasteiger partial charge is 0.329 e. The zero-order valence-electron chi connectivity index (χ0n) is 10.3. The van der Waals surface area contributed by atoms with E-state index in [1.165, 1.54) is 12.1 Å². The van der Waals surface area contributed by atoms with E-state index in [1.54, 1.807) is 12.3 Å². The van der Waals surface area contributed by atoms with Crippen LogP contribution < -0.4 is 5.32 Å². The second-order valence-electron chi connectivity index (χ2n) is 4.03. The van der Waals surface area contributed by atoms with Gasteiger partial charge in [-0.25, -0.2) is 4.98 Å². The second kappa shape index (κ2) is 5.81. The van der Waals surface area contributed by atoms with Crippen LogP contribution in [0.3, 0.4) is 0 Å². The van der Waals surface area contributed by atoms with Crippen LogP contribution in [0.2, 0.25) is 5.02 Å². The van der Waals surface area contributed by atoms with Gasteiger partial charge in [0, 0.05) is 24.5 Å². The van der Waals surface area contributed by atoms with Gasteiger partial charge in [-0.15, -0.1) is 0 Å². The number of imidazole rings is 1. The summed E-state index contributed by atoms with van der Waals surface area (Å²) < 4.78 is 1.95. The van der Waals surface area contributed by atoms with E-state index in [-0.39, 0.29) is 5.69 Å². The van der Waals surface area contributed by atoms with Gasteiger partial charge in [-0.1, -0.05) is 11.6 Å². The van der Waals surface area contributed by atoms with Crippen LogP contribution in [-0.4, -0.2) is 21.5 Å². The van der Waals surface area contributed by atoms with Gasteiger partial charge in [0.05, 0.1) is 23.0 Å². The third-order valence-corrected chi connectivity index (χ3v) is 3.08. The lowest BCUT2D eigenvalue weighted by Gasteiger charge is -2.09. The van der Waals surface area contributed by atoms with Crippen molar-refractivity contribution >= 4 is 17.3 Å². The standard InChI is InChI=1S/C12H13ClN4O2/c1-14-7-12-15-4-5-16(12)8-9-2-3-10(17(18)19)6-11(9)13/h2-6,14H,7-8H2,1H3. The number of aromatic nitrogens is 2. The Morgan fingerprint density at radius 1 is 1.53 bits per heavy atom. The summed E-state index contributed by atoms with van der Waals surface area (Å²) >= 11 is 6.07. The molecule has 0 unspecified atom stereocenters. The molecule has 0 saturated heterocycles. The van der Waals surface area contributed by atoms with Crippen LogP contribution in [0.1, 0.15) is 11.4 Å². The molecule has 0 saturated carbocycles. The lowest BCUT2D eigenvalue weighted by atomic mass is 10.2. The van der Waals surface area contributed by atoms with Crippen molar-refractivity contribution in [3.05, 3.63) is 57.1 Å². The molecule has 0 bridgehead atoms. The molecule has 2 aromatic rings. The van der Waals surface area contributed by atoms with Gasteiger partial charge >= 0.3 is 0 Å². The molecule has 7 heteroatoms. The summed E-state index contributed by atoms with van der Waals surface area (Å²) in [5.74, 6) is 0.886. The first-order chi connectivity index (χ1) is 9.11. The number of non-ortho nitro benzene ring substituents is 1. The minimum Gasteiger partial charge on any atom is -0.329 e. The number of rotatable bonds is 5. The second-order valence-corrected chi connectivity index (χ2v) is 4.44. The third kappa shape index (κ3) is 3.10. The molecule has 19 heavy (non-hydrogen) atoms. The van der Waals surface area contributed by atoms with Crippen molar-refractivity contribution in [2.75, 3.05) is 7.05 Å². The SMILES string of the molecule is CNCc1nccn1Cc1ccc([N+](=O)[O-])cc1Cl. The number of nitro groups is 1. The molecule has 6 nitrogen and oxygen atoms in total. The molecule has 0 radical (unpaired) electrons. The van der Waals surface area contributed by atoms with Gasteiger partial charge in [-0.05, 0) is 18.7 Å². The predicted octanol–water partition coefficient (Wildman–Crippen LogP) is 2.21. The minimum absolute atomic E-state index is 0.00479. The fourth-order valence-electron chi connectivity index (χ4n) is 1.77. The monoisotopic (exact) mass is 280 g/mol. The molecular formula is C12H13ClN4O2. The number of benzene rings is 1. The Morgan fingerprint density at radius 2 is 2.32 bits per heavy atom. The van der Waals surface area contributed by atoms with Crippen molar-refractivity contribution in [1.29, 1.82) is 0 Å². The van der Waals surface area contributed by atoms with Crippen LogP contribution in [0.4, 0.5) is 5.69 Å². The Hall–Kier alpha value is -1.92. The quantitative estimate of drug-likeness (QED) is 0.673. The number of hydrogen-bond donors (Lipinski definition) is 1. The Bertz CT molecular complexity index is 597. The van der Waals surface area contributed by atoms with Crippen LogP contribution in [0, 0.1) is 10.1 Å². The van der Waals surface area contributed by atoms with E-state index in [0.717, 1.165) is 11.4 Å². The highest BCUT2D eigenvalue weighted by molar-refractivity contribution is 6.31. The van der Waals surface area contributed by atoms with Gasteiger partial charge in [0.2, 0.25) is 0 Å². The summed E-state index contributed by atoms with van der Waals surface area (Å²) in [7, 11) is 1.85. The Morgan fingerprint density at radius 3 is 2.95 bits per heavy atom. The fourth-order valence-corrected chi connectivity index (χ4v) is 2.01.